The van der Waals surface area contributed by atoms with E-state index in [9.17, 15) is 0 Å². The van der Waals surface area contributed by atoms with Crippen LogP contribution in [0, 0.1) is 12.8 Å². The van der Waals surface area contributed by atoms with Crippen molar-refractivity contribution in [1.29, 1.82) is 0 Å². The van der Waals surface area contributed by atoms with Crippen molar-refractivity contribution in [2.45, 2.75) is 25.6 Å². The van der Waals surface area contributed by atoms with Gasteiger partial charge in [0.1, 0.15) is 23.6 Å². The van der Waals surface area contributed by atoms with Crippen LogP contribution in [0.15, 0.2) is 17.8 Å². The Morgan fingerprint density at radius 3 is 2.96 bits per heavy atom. The minimum absolute atomic E-state index is 0.0960. The maximum absolute atomic E-state index is 6.14. The van der Waals surface area contributed by atoms with Gasteiger partial charge >= 0.3 is 0 Å². The van der Waals surface area contributed by atoms with Crippen LogP contribution in [0.1, 0.15) is 17.1 Å². The van der Waals surface area contributed by atoms with E-state index in [-0.39, 0.29) is 5.60 Å². The summed E-state index contributed by atoms with van der Waals surface area (Å²) in [6.07, 6.45) is 2.68. The molecular formula is C18H25N5O2S. The number of nitrogens with zero attached hydrogens (tertiary/aromatic N) is 5. The van der Waals surface area contributed by atoms with Crippen molar-refractivity contribution in [2.24, 2.45) is 5.92 Å². The molecule has 0 amide bonds. The first-order chi connectivity index (χ1) is 12.6. The lowest BCUT2D eigenvalue weighted by Crippen LogP contribution is -2.65. The Bertz CT molecular complexity index is 760. The minimum atomic E-state index is -0.0960. The summed E-state index contributed by atoms with van der Waals surface area (Å²) in [7, 11) is 3.97. The van der Waals surface area contributed by atoms with Crippen LogP contribution in [-0.2, 0) is 16.1 Å². The van der Waals surface area contributed by atoms with E-state index in [4.69, 9.17) is 9.47 Å². The fraction of sp³-hybridized carbons (Fsp3) is 0.611. The molecule has 140 valence electrons. The molecule has 2 aliphatic rings. The molecule has 0 saturated carbocycles. The highest BCUT2D eigenvalue weighted by molar-refractivity contribution is 7.09. The summed E-state index contributed by atoms with van der Waals surface area (Å²) in [5, 5.41) is 3.15. The summed E-state index contributed by atoms with van der Waals surface area (Å²) in [5.74, 6) is 2.30. The Hall–Kier alpha value is -1.77. The number of anilines is 2. The molecule has 2 fully saturated rings. The van der Waals surface area contributed by atoms with Gasteiger partial charge in [0.15, 0.2) is 0 Å². The van der Waals surface area contributed by atoms with Crippen LogP contribution in [0.25, 0.3) is 0 Å². The van der Waals surface area contributed by atoms with Gasteiger partial charge in [0, 0.05) is 38.1 Å². The number of rotatable bonds is 6. The fourth-order valence-electron chi connectivity index (χ4n) is 3.67. The zero-order valence-electron chi connectivity index (χ0n) is 15.5. The Morgan fingerprint density at radius 2 is 2.23 bits per heavy atom. The second-order valence-corrected chi connectivity index (χ2v) is 8.32. The lowest BCUT2D eigenvalue weighted by Gasteiger charge is -2.50. The van der Waals surface area contributed by atoms with Crippen LogP contribution in [0.2, 0.25) is 0 Å². The van der Waals surface area contributed by atoms with E-state index >= 15 is 0 Å². The molecule has 7 nitrogen and oxygen atoms in total. The minimum Gasteiger partial charge on any atom is -0.375 e. The van der Waals surface area contributed by atoms with Gasteiger partial charge in [-0.25, -0.2) is 15.0 Å². The van der Waals surface area contributed by atoms with Gasteiger partial charge in [-0.05, 0) is 13.3 Å². The van der Waals surface area contributed by atoms with Gasteiger partial charge < -0.3 is 19.3 Å². The molecule has 0 N–H and O–H groups in total. The highest BCUT2D eigenvalue weighted by atomic mass is 32.1. The van der Waals surface area contributed by atoms with Crippen molar-refractivity contribution >= 4 is 23.0 Å². The smallest absolute Gasteiger partial charge is 0.134 e. The van der Waals surface area contributed by atoms with Crippen molar-refractivity contribution in [3.63, 3.8) is 0 Å². The number of aryl methyl sites for hydroxylation is 1. The van der Waals surface area contributed by atoms with Crippen molar-refractivity contribution < 1.29 is 9.47 Å². The molecule has 0 bridgehead atoms. The zero-order valence-corrected chi connectivity index (χ0v) is 16.3. The third-order valence-electron chi connectivity index (χ3n) is 5.17. The van der Waals surface area contributed by atoms with E-state index in [0.717, 1.165) is 55.1 Å². The SMILES string of the molecule is Cc1nc(COC[C@@H]2CCOC23CN(c2cc(N(C)C)ncn2)C3)cs1. The molecule has 0 unspecified atom stereocenters. The van der Waals surface area contributed by atoms with Crippen LogP contribution in [-0.4, -0.2) is 61.0 Å². The largest absolute Gasteiger partial charge is 0.375 e. The van der Waals surface area contributed by atoms with Gasteiger partial charge in [-0.15, -0.1) is 11.3 Å². The summed E-state index contributed by atoms with van der Waals surface area (Å²) in [6.45, 7) is 5.85. The molecule has 4 rings (SSSR count). The molecular weight excluding hydrogens is 350 g/mol. The molecule has 2 saturated heterocycles. The summed E-state index contributed by atoms with van der Waals surface area (Å²) in [4.78, 5) is 17.4. The molecule has 8 heteroatoms. The van der Waals surface area contributed by atoms with Crippen molar-refractivity contribution in [3.05, 3.63) is 28.5 Å². The quantitative estimate of drug-likeness (QED) is 0.766. The van der Waals surface area contributed by atoms with Crippen LogP contribution >= 0.6 is 11.3 Å². The highest BCUT2D eigenvalue weighted by Gasteiger charge is 2.53. The van der Waals surface area contributed by atoms with Crippen LogP contribution < -0.4 is 9.80 Å². The van der Waals surface area contributed by atoms with Gasteiger partial charge in [0.25, 0.3) is 0 Å². The highest BCUT2D eigenvalue weighted by Crippen LogP contribution is 2.41. The topological polar surface area (TPSA) is 63.6 Å². The molecule has 2 aromatic heterocycles. The number of hydrogen-bond donors (Lipinski definition) is 0. The monoisotopic (exact) mass is 375 g/mol. The molecule has 2 aromatic rings. The second kappa shape index (κ2) is 7.09. The first-order valence-corrected chi connectivity index (χ1v) is 9.81. The van der Waals surface area contributed by atoms with Gasteiger partial charge in [0.05, 0.1) is 37.0 Å². The Kier molecular flexibility index (Phi) is 4.81. The molecule has 1 spiro atoms. The number of hydrogen-bond acceptors (Lipinski definition) is 8. The Labute approximate surface area is 158 Å². The average molecular weight is 375 g/mol. The molecule has 0 aromatic carbocycles. The van der Waals surface area contributed by atoms with Gasteiger partial charge in [-0.1, -0.05) is 0 Å². The summed E-state index contributed by atoms with van der Waals surface area (Å²) >= 11 is 1.67. The van der Waals surface area contributed by atoms with Crippen LogP contribution in [0.3, 0.4) is 0 Å². The fourth-order valence-corrected chi connectivity index (χ4v) is 4.26. The predicted octanol–water partition coefficient (Wildman–Crippen LogP) is 2.12. The molecule has 1 atom stereocenters. The third kappa shape index (κ3) is 3.41. The zero-order chi connectivity index (χ0) is 18.1. The van der Waals surface area contributed by atoms with Gasteiger partial charge in [-0.2, -0.15) is 0 Å². The Morgan fingerprint density at radius 1 is 1.38 bits per heavy atom. The average Bonchev–Trinajstić information content (AvgIpc) is 3.20. The second-order valence-electron chi connectivity index (χ2n) is 7.26. The molecule has 26 heavy (non-hydrogen) atoms. The van der Waals surface area contributed by atoms with Crippen LogP contribution in [0.4, 0.5) is 11.6 Å². The molecule has 2 aliphatic heterocycles. The standard InChI is InChI=1S/C18H25N5O2S/c1-13-21-15(9-26-13)8-24-7-14-4-5-25-18(14)10-23(11-18)17-6-16(22(2)3)19-12-20-17/h6,9,12,14H,4-5,7-8,10-11H2,1-3H3/t14-/m0/s1. The number of ether oxygens (including phenoxy) is 2. The molecule has 0 radical (unpaired) electrons. The van der Waals surface area contributed by atoms with E-state index in [0.29, 0.717) is 12.5 Å². The van der Waals surface area contributed by atoms with E-state index in [1.165, 1.54) is 0 Å². The first kappa shape index (κ1) is 17.6. The maximum atomic E-state index is 6.14. The number of thiazole rings is 1. The lowest BCUT2D eigenvalue weighted by molar-refractivity contribution is -0.0656. The summed E-state index contributed by atoms with van der Waals surface area (Å²) in [5.41, 5.74) is 0.925. The summed E-state index contributed by atoms with van der Waals surface area (Å²) < 4.78 is 12.1. The van der Waals surface area contributed by atoms with E-state index in [1.54, 1.807) is 17.7 Å². The first-order valence-electron chi connectivity index (χ1n) is 8.93. The van der Waals surface area contributed by atoms with E-state index < -0.39 is 0 Å². The van der Waals surface area contributed by atoms with Crippen molar-refractivity contribution in [2.75, 3.05) is 50.2 Å². The van der Waals surface area contributed by atoms with Crippen LogP contribution in [0.5, 0.6) is 0 Å². The maximum Gasteiger partial charge on any atom is 0.134 e. The Balaban J connectivity index is 1.33. The predicted molar refractivity (Wildman–Crippen MR) is 102 cm³/mol. The van der Waals surface area contributed by atoms with E-state index in [2.05, 4.69) is 25.2 Å². The lowest BCUT2D eigenvalue weighted by atomic mass is 9.81. The normalized spacial score (nSPS) is 21.2. The molecule has 0 aliphatic carbocycles. The van der Waals surface area contributed by atoms with E-state index in [1.807, 2.05) is 32.0 Å². The van der Waals surface area contributed by atoms with Gasteiger partial charge in [-0.3, -0.25) is 0 Å². The number of aromatic nitrogens is 3. The third-order valence-corrected chi connectivity index (χ3v) is 6.00. The van der Waals surface area contributed by atoms with Crippen molar-refractivity contribution in [1.82, 2.24) is 15.0 Å². The summed E-state index contributed by atoms with van der Waals surface area (Å²) in [6, 6.07) is 2.03. The molecule has 4 heterocycles. The van der Waals surface area contributed by atoms with Crippen molar-refractivity contribution in [3.8, 4) is 0 Å². The van der Waals surface area contributed by atoms with Gasteiger partial charge in [0.2, 0.25) is 0 Å².